The van der Waals surface area contributed by atoms with E-state index in [0.717, 1.165) is 44.5 Å². The van der Waals surface area contributed by atoms with E-state index in [1.165, 1.54) is 24.0 Å². The Morgan fingerprint density at radius 2 is 2.32 bits per heavy atom. The number of aliphatic hydroxyl groups is 1. The maximum Gasteiger partial charge on any atom is 0.122 e. The maximum atomic E-state index is 10.8. The second-order valence-electron chi connectivity index (χ2n) is 6.14. The number of ether oxygens (including phenoxy) is 1. The Bertz CT molecular complexity index is 455. The average molecular weight is 260 g/mol. The molecular weight excluding hydrogens is 236 g/mol. The molecule has 1 fully saturated rings. The van der Waals surface area contributed by atoms with Gasteiger partial charge < -0.3 is 9.84 Å². The minimum atomic E-state index is -0.412. The van der Waals surface area contributed by atoms with Crippen LogP contribution in [0.25, 0.3) is 0 Å². The lowest BCUT2D eigenvalue weighted by atomic mass is 9.83. The monoisotopic (exact) mass is 260 g/mol. The summed E-state index contributed by atoms with van der Waals surface area (Å²) in [4.78, 5) is 0. The summed E-state index contributed by atoms with van der Waals surface area (Å²) in [6, 6.07) is 6.51. The van der Waals surface area contributed by atoms with Crippen LogP contribution in [0.2, 0.25) is 0 Å². The van der Waals surface area contributed by atoms with Crippen LogP contribution in [0.1, 0.15) is 50.2 Å². The van der Waals surface area contributed by atoms with E-state index in [1.54, 1.807) is 0 Å². The molecule has 1 aromatic carbocycles. The van der Waals surface area contributed by atoms with Crippen molar-refractivity contribution >= 4 is 0 Å². The van der Waals surface area contributed by atoms with E-state index >= 15 is 0 Å². The Kier molecular flexibility index (Phi) is 3.53. The van der Waals surface area contributed by atoms with Gasteiger partial charge in [-0.05, 0) is 48.8 Å². The molecule has 0 amide bonds. The summed E-state index contributed by atoms with van der Waals surface area (Å²) in [5.41, 5.74) is 2.27. The first-order chi connectivity index (χ1) is 9.21. The van der Waals surface area contributed by atoms with Crippen LogP contribution in [0, 0.1) is 5.92 Å². The molecule has 0 saturated heterocycles. The Labute approximate surface area is 115 Å². The molecule has 0 bridgehead atoms. The van der Waals surface area contributed by atoms with Gasteiger partial charge in [-0.25, -0.2) is 0 Å². The largest absolute Gasteiger partial charge is 0.493 e. The molecule has 19 heavy (non-hydrogen) atoms. The van der Waals surface area contributed by atoms with Gasteiger partial charge in [0.2, 0.25) is 0 Å². The third-order valence-corrected chi connectivity index (χ3v) is 5.02. The summed E-state index contributed by atoms with van der Waals surface area (Å²) < 4.78 is 5.54. The summed E-state index contributed by atoms with van der Waals surface area (Å²) in [5, 5.41) is 10.8. The van der Waals surface area contributed by atoms with Gasteiger partial charge in [0.15, 0.2) is 0 Å². The third kappa shape index (κ3) is 2.51. The summed E-state index contributed by atoms with van der Waals surface area (Å²) in [6.07, 6.45) is 7.41. The van der Waals surface area contributed by atoms with E-state index in [1.807, 2.05) is 0 Å². The minimum absolute atomic E-state index is 0.412. The van der Waals surface area contributed by atoms with Crippen molar-refractivity contribution in [2.45, 2.75) is 57.5 Å². The van der Waals surface area contributed by atoms with Crippen LogP contribution in [0.4, 0.5) is 0 Å². The Balaban J connectivity index is 1.66. The van der Waals surface area contributed by atoms with Crippen molar-refractivity contribution in [1.82, 2.24) is 0 Å². The zero-order valence-corrected chi connectivity index (χ0v) is 11.8. The number of hydrogen-bond donors (Lipinski definition) is 1. The first-order valence-electron chi connectivity index (χ1n) is 7.68. The molecule has 2 heteroatoms. The molecule has 1 aromatic rings. The van der Waals surface area contributed by atoms with E-state index in [9.17, 15) is 5.11 Å². The van der Waals surface area contributed by atoms with E-state index < -0.39 is 5.60 Å². The van der Waals surface area contributed by atoms with Crippen LogP contribution >= 0.6 is 0 Å². The van der Waals surface area contributed by atoms with Gasteiger partial charge >= 0.3 is 0 Å². The van der Waals surface area contributed by atoms with Crippen LogP contribution in [0.15, 0.2) is 18.2 Å². The van der Waals surface area contributed by atoms with Crippen LogP contribution in [0.3, 0.4) is 0 Å². The van der Waals surface area contributed by atoms with Gasteiger partial charge in [0.05, 0.1) is 12.2 Å². The second-order valence-corrected chi connectivity index (χ2v) is 6.14. The molecule has 0 aromatic heterocycles. The molecule has 1 aliphatic carbocycles. The van der Waals surface area contributed by atoms with Gasteiger partial charge in [-0.15, -0.1) is 0 Å². The van der Waals surface area contributed by atoms with E-state index in [-0.39, 0.29) is 0 Å². The van der Waals surface area contributed by atoms with Gasteiger partial charge in [0.1, 0.15) is 5.75 Å². The molecule has 0 radical (unpaired) electrons. The molecule has 1 N–H and O–H groups in total. The van der Waals surface area contributed by atoms with Gasteiger partial charge in [-0.2, -0.15) is 0 Å². The maximum absolute atomic E-state index is 10.8. The third-order valence-electron chi connectivity index (χ3n) is 5.02. The second kappa shape index (κ2) is 5.16. The van der Waals surface area contributed by atoms with Crippen molar-refractivity contribution in [2.75, 3.05) is 6.61 Å². The zero-order valence-electron chi connectivity index (χ0n) is 11.8. The van der Waals surface area contributed by atoms with Gasteiger partial charge in [0, 0.05) is 6.42 Å². The number of benzene rings is 1. The fourth-order valence-electron chi connectivity index (χ4n) is 3.80. The highest BCUT2D eigenvalue weighted by atomic mass is 16.5. The van der Waals surface area contributed by atoms with Crippen molar-refractivity contribution in [1.29, 1.82) is 0 Å². The summed E-state index contributed by atoms with van der Waals surface area (Å²) in [5.74, 6) is 1.56. The molecule has 3 rings (SSSR count). The lowest BCUT2D eigenvalue weighted by Crippen LogP contribution is -2.33. The standard InChI is InChI=1S/C17H24O2/c1-2-15-4-3-9-17(15,18)10-7-13-5-6-16-14(12-13)8-11-19-16/h5-6,12,15,18H,2-4,7-11H2,1H3. The SMILES string of the molecule is CCC1CCCC1(O)CCc1ccc2c(c1)CCO2. The van der Waals surface area contributed by atoms with Crippen LogP contribution in [-0.2, 0) is 12.8 Å². The number of rotatable bonds is 4. The molecule has 2 nitrogen and oxygen atoms in total. The van der Waals surface area contributed by atoms with Crippen LogP contribution in [-0.4, -0.2) is 17.3 Å². The lowest BCUT2D eigenvalue weighted by Gasteiger charge is -2.29. The molecule has 2 aliphatic rings. The number of aryl methyl sites for hydroxylation is 1. The zero-order chi connectivity index (χ0) is 13.3. The Morgan fingerprint density at radius 3 is 3.16 bits per heavy atom. The predicted octanol–water partition coefficient (Wildman–Crippen LogP) is 3.50. The molecule has 1 heterocycles. The van der Waals surface area contributed by atoms with E-state index in [4.69, 9.17) is 4.74 Å². The van der Waals surface area contributed by atoms with Crippen LogP contribution < -0.4 is 4.74 Å². The normalized spacial score (nSPS) is 29.3. The quantitative estimate of drug-likeness (QED) is 0.898. The molecule has 2 unspecified atom stereocenters. The van der Waals surface area contributed by atoms with E-state index in [0.29, 0.717) is 5.92 Å². The predicted molar refractivity (Wildman–Crippen MR) is 76.5 cm³/mol. The fourth-order valence-corrected chi connectivity index (χ4v) is 3.80. The Hall–Kier alpha value is -1.02. The molecular formula is C17H24O2. The minimum Gasteiger partial charge on any atom is -0.493 e. The number of fused-ring (bicyclic) bond motifs is 1. The van der Waals surface area contributed by atoms with Gasteiger partial charge in [-0.3, -0.25) is 0 Å². The first kappa shape index (κ1) is 13.0. The number of hydrogen-bond acceptors (Lipinski definition) is 2. The Morgan fingerprint density at radius 1 is 1.42 bits per heavy atom. The molecule has 1 aliphatic heterocycles. The molecule has 104 valence electrons. The first-order valence-corrected chi connectivity index (χ1v) is 7.68. The van der Waals surface area contributed by atoms with Gasteiger partial charge in [0.25, 0.3) is 0 Å². The molecule has 0 spiro atoms. The van der Waals surface area contributed by atoms with Crippen molar-refractivity contribution < 1.29 is 9.84 Å². The topological polar surface area (TPSA) is 29.5 Å². The highest BCUT2D eigenvalue weighted by molar-refractivity contribution is 5.39. The summed E-state index contributed by atoms with van der Waals surface area (Å²) in [6.45, 7) is 3.02. The van der Waals surface area contributed by atoms with Crippen molar-refractivity contribution in [2.24, 2.45) is 5.92 Å². The van der Waals surface area contributed by atoms with Crippen LogP contribution in [0.5, 0.6) is 5.75 Å². The highest BCUT2D eigenvalue weighted by Crippen LogP contribution is 2.41. The highest BCUT2D eigenvalue weighted by Gasteiger charge is 2.39. The molecule has 2 atom stereocenters. The van der Waals surface area contributed by atoms with Crippen molar-refractivity contribution in [3.05, 3.63) is 29.3 Å². The van der Waals surface area contributed by atoms with E-state index in [2.05, 4.69) is 25.1 Å². The average Bonchev–Trinajstić information content (AvgIpc) is 3.02. The lowest BCUT2D eigenvalue weighted by molar-refractivity contribution is -0.00657. The smallest absolute Gasteiger partial charge is 0.122 e. The van der Waals surface area contributed by atoms with Crippen molar-refractivity contribution in [3.8, 4) is 5.75 Å². The summed E-state index contributed by atoms with van der Waals surface area (Å²) in [7, 11) is 0. The van der Waals surface area contributed by atoms with Crippen molar-refractivity contribution in [3.63, 3.8) is 0 Å². The fraction of sp³-hybridized carbons (Fsp3) is 0.647. The molecule has 1 saturated carbocycles. The van der Waals surface area contributed by atoms with Gasteiger partial charge in [-0.1, -0.05) is 31.9 Å². The summed E-state index contributed by atoms with van der Waals surface area (Å²) >= 11 is 0.